The minimum absolute atomic E-state index is 0.0467. The Balaban J connectivity index is 1.94. The van der Waals surface area contributed by atoms with E-state index in [9.17, 15) is 4.79 Å². The number of hydrogen-bond donors (Lipinski definition) is 2. The third-order valence-electron chi connectivity index (χ3n) is 3.64. The maximum absolute atomic E-state index is 12.1. The normalized spacial score (nSPS) is 20.2. The lowest BCUT2D eigenvalue weighted by atomic mass is 10.0. The van der Waals surface area contributed by atoms with E-state index in [4.69, 9.17) is 4.74 Å². The summed E-state index contributed by atoms with van der Waals surface area (Å²) in [5.74, 6) is 0.846. The molecule has 1 amide bonds. The van der Waals surface area contributed by atoms with Gasteiger partial charge >= 0.3 is 0 Å². The second kappa shape index (κ2) is 7.29. The second-order valence-electron chi connectivity index (χ2n) is 5.36. The lowest BCUT2D eigenvalue weighted by Gasteiger charge is -2.22. The van der Waals surface area contributed by atoms with Crippen molar-refractivity contribution in [1.29, 1.82) is 0 Å². The van der Waals surface area contributed by atoms with Crippen LogP contribution in [0.1, 0.15) is 39.5 Å². The summed E-state index contributed by atoms with van der Waals surface area (Å²) < 4.78 is 5.76. The molecule has 1 aliphatic rings. The van der Waals surface area contributed by atoms with Crippen molar-refractivity contribution in [2.24, 2.45) is 0 Å². The molecule has 0 spiro atoms. The van der Waals surface area contributed by atoms with E-state index >= 15 is 0 Å². The van der Waals surface area contributed by atoms with Gasteiger partial charge in [0.2, 0.25) is 5.91 Å². The zero-order valence-electron chi connectivity index (χ0n) is 12.3. The lowest BCUT2D eigenvalue weighted by Crippen LogP contribution is -2.43. The number of anilines is 1. The van der Waals surface area contributed by atoms with Gasteiger partial charge in [-0.05, 0) is 44.9 Å². The van der Waals surface area contributed by atoms with E-state index < -0.39 is 0 Å². The van der Waals surface area contributed by atoms with E-state index in [0.29, 0.717) is 0 Å². The Bertz CT molecular complexity index is 442. The summed E-state index contributed by atoms with van der Waals surface area (Å²) in [4.78, 5) is 12.1. The number of benzene rings is 1. The van der Waals surface area contributed by atoms with E-state index in [1.807, 2.05) is 31.2 Å². The molecule has 1 aliphatic heterocycles. The summed E-state index contributed by atoms with van der Waals surface area (Å²) in [6, 6.07) is 7.53. The van der Waals surface area contributed by atoms with Crippen LogP contribution in [0.3, 0.4) is 0 Å². The first kappa shape index (κ1) is 14.9. The van der Waals surface area contributed by atoms with Crippen molar-refractivity contribution in [3.63, 3.8) is 0 Å². The Kier molecular flexibility index (Phi) is 5.41. The molecular formula is C16H24N2O2. The van der Waals surface area contributed by atoms with Crippen LogP contribution in [0.5, 0.6) is 5.75 Å². The number of ether oxygens (including phenoxy) is 1. The van der Waals surface area contributed by atoms with Crippen LogP contribution in [0.4, 0.5) is 5.69 Å². The third-order valence-corrected chi connectivity index (χ3v) is 3.64. The molecule has 1 saturated heterocycles. The highest BCUT2D eigenvalue weighted by atomic mass is 16.5. The van der Waals surface area contributed by atoms with Gasteiger partial charge in [-0.15, -0.1) is 0 Å². The maximum atomic E-state index is 12.1. The molecule has 0 radical (unpaired) electrons. The molecule has 20 heavy (non-hydrogen) atoms. The van der Waals surface area contributed by atoms with Crippen molar-refractivity contribution < 1.29 is 9.53 Å². The Labute approximate surface area is 120 Å². The Morgan fingerprint density at radius 2 is 2.35 bits per heavy atom. The fourth-order valence-electron chi connectivity index (χ4n) is 2.27. The average Bonchev–Trinajstić information content (AvgIpc) is 2.48. The Hall–Kier alpha value is -1.55. The van der Waals surface area contributed by atoms with Crippen LogP contribution in [0.25, 0.3) is 0 Å². The van der Waals surface area contributed by atoms with Crippen molar-refractivity contribution in [3.05, 3.63) is 24.3 Å². The quantitative estimate of drug-likeness (QED) is 0.869. The van der Waals surface area contributed by atoms with Gasteiger partial charge in [0.05, 0.1) is 12.1 Å². The fourth-order valence-corrected chi connectivity index (χ4v) is 2.27. The highest BCUT2D eigenvalue weighted by Crippen LogP contribution is 2.20. The minimum atomic E-state index is -0.0668. The zero-order valence-corrected chi connectivity index (χ0v) is 12.3. The molecule has 1 aromatic carbocycles. The SMILES string of the molecule is CCC(C)Oc1cccc(NC(=O)C2CCCCN2)c1. The second-order valence-corrected chi connectivity index (χ2v) is 5.36. The molecule has 1 heterocycles. The summed E-state index contributed by atoms with van der Waals surface area (Å²) in [6.45, 7) is 5.05. The third kappa shape index (κ3) is 4.23. The molecule has 2 atom stereocenters. The fraction of sp³-hybridized carbons (Fsp3) is 0.562. The maximum Gasteiger partial charge on any atom is 0.241 e. The van der Waals surface area contributed by atoms with Crippen LogP contribution < -0.4 is 15.4 Å². The van der Waals surface area contributed by atoms with Crippen molar-refractivity contribution >= 4 is 11.6 Å². The smallest absolute Gasteiger partial charge is 0.241 e. The number of nitrogens with one attached hydrogen (secondary N) is 2. The summed E-state index contributed by atoms with van der Waals surface area (Å²) in [7, 11) is 0. The van der Waals surface area contributed by atoms with E-state index in [-0.39, 0.29) is 18.1 Å². The van der Waals surface area contributed by atoms with E-state index in [0.717, 1.165) is 43.7 Å². The number of rotatable bonds is 5. The van der Waals surface area contributed by atoms with Gasteiger partial charge in [0.25, 0.3) is 0 Å². The predicted molar refractivity (Wildman–Crippen MR) is 81.1 cm³/mol. The van der Waals surface area contributed by atoms with E-state index in [1.54, 1.807) is 0 Å². The van der Waals surface area contributed by atoms with Gasteiger partial charge in [-0.3, -0.25) is 4.79 Å². The monoisotopic (exact) mass is 276 g/mol. The predicted octanol–water partition coefficient (Wildman–Crippen LogP) is 2.94. The van der Waals surface area contributed by atoms with Gasteiger partial charge in [-0.1, -0.05) is 19.4 Å². The minimum Gasteiger partial charge on any atom is -0.491 e. The van der Waals surface area contributed by atoms with Gasteiger partial charge in [0.15, 0.2) is 0 Å². The summed E-state index contributed by atoms with van der Waals surface area (Å²) >= 11 is 0. The Morgan fingerprint density at radius 3 is 3.05 bits per heavy atom. The highest BCUT2D eigenvalue weighted by Gasteiger charge is 2.20. The largest absolute Gasteiger partial charge is 0.491 e. The van der Waals surface area contributed by atoms with Crippen LogP contribution in [0.2, 0.25) is 0 Å². The van der Waals surface area contributed by atoms with Crippen molar-refractivity contribution in [2.75, 3.05) is 11.9 Å². The molecule has 2 rings (SSSR count). The molecule has 0 aliphatic carbocycles. The first-order chi connectivity index (χ1) is 9.69. The average molecular weight is 276 g/mol. The van der Waals surface area contributed by atoms with Crippen LogP contribution in [-0.4, -0.2) is 24.6 Å². The number of carbonyl (C=O) groups excluding carboxylic acids is 1. The van der Waals surface area contributed by atoms with Crippen molar-refractivity contribution in [3.8, 4) is 5.75 Å². The first-order valence-corrected chi connectivity index (χ1v) is 7.50. The molecule has 2 N–H and O–H groups in total. The first-order valence-electron chi connectivity index (χ1n) is 7.50. The molecule has 110 valence electrons. The molecule has 1 fully saturated rings. The molecule has 4 nitrogen and oxygen atoms in total. The lowest BCUT2D eigenvalue weighted by molar-refractivity contribution is -0.118. The molecule has 0 saturated carbocycles. The molecule has 0 bridgehead atoms. The molecule has 4 heteroatoms. The number of amides is 1. The topological polar surface area (TPSA) is 50.4 Å². The van der Waals surface area contributed by atoms with Crippen LogP contribution >= 0.6 is 0 Å². The van der Waals surface area contributed by atoms with Crippen LogP contribution in [-0.2, 0) is 4.79 Å². The molecule has 2 unspecified atom stereocenters. The molecule has 0 aromatic heterocycles. The van der Waals surface area contributed by atoms with Crippen LogP contribution in [0.15, 0.2) is 24.3 Å². The summed E-state index contributed by atoms with van der Waals surface area (Å²) in [5, 5.41) is 6.21. The van der Waals surface area contributed by atoms with Crippen molar-refractivity contribution in [2.45, 2.75) is 51.7 Å². The van der Waals surface area contributed by atoms with Gasteiger partial charge in [0.1, 0.15) is 5.75 Å². The number of hydrogen-bond acceptors (Lipinski definition) is 3. The summed E-state index contributed by atoms with van der Waals surface area (Å²) in [6.07, 6.45) is 4.32. The van der Waals surface area contributed by atoms with Gasteiger partial charge < -0.3 is 15.4 Å². The van der Waals surface area contributed by atoms with E-state index in [2.05, 4.69) is 17.6 Å². The zero-order chi connectivity index (χ0) is 14.4. The standard InChI is InChI=1S/C16H24N2O2/c1-3-12(2)20-14-8-6-7-13(11-14)18-16(19)15-9-4-5-10-17-15/h6-8,11-12,15,17H,3-5,9-10H2,1-2H3,(H,18,19). The summed E-state index contributed by atoms with van der Waals surface area (Å²) in [5.41, 5.74) is 0.795. The number of piperidine rings is 1. The van der Waals surface area contributed by atoms with Gasteiger partial charge in [-0.2, -0.15) is 0 Å². The highest BCUT2D eigenvalue weighted by molar-refractivity contribution is 5.95. The molecular weight excluding hydrogens is 252 g/mol. The van der Waals surface area contributed by atoms with E-state index in [1.165, 1.54) is 0 Å². The van der Waals surface area contributed by atoms with Gasteiger partial charge in [-0.25, -0.2) is 0 Å². The van der Waals surface area contributed by atoms with Gasteiger partial charge in [0, 0.05) is 11.8 Å². The van der Waals surface area contributed by atoms with Crippen molar-refractivity contribution in [1.82, 2.24) is 5.32 Å². The molecule has 1 aromatic rings. The Morgan fingerprint density at radius 1 is 1.50 bits per heavy atom. The number of carbonyl (C=O) groups is 1. The van der Waals surface area contributed by atoms with Crippen LogP contribution in [0, 0.1) is 0 Å².